The highest BCUT2D eigenvalue weighted by Crippen LogP contribution is 2.35. The first-order valence-corrected chi connectivity index (χ1v) is 13.0. The average molecular weight is 437 g/mol. The van der Waals surface area contributed by atoms with E-state index in [1.54, 1.807) is 0 Å². The van der Waals surface area contributed by atoms with E-state index in [9.17, 15) is 9.59 Å². The molecule has 4 nitrogen and oxygen atoms in total. The van der Waals surface area contributed by atoms with Gasteiger partial charge in [-0.15, -0.1) is 0 Å². The highest BCUT2D eigenvalue weighted by molar-refractivity contribution is 5.73. The average Bonchev–Trinajstić information content (AvgIpc) is 2.71. The SMILES string of the molecule is CCC(COC(=O)C1CC(C)CC(C)C1)CC(CC)COC(=O)C1CC(C)CC(C)C1. The zero-order valence-corrected chi connectivity index (χ0v) is 21.0. The Morgan fingerprint density at radius 2 is 0.968 bits per heavy atom. The second kappa shape index (κ2) is 12.8. The van der Waals surface area contributed by atoms with Gasteiger partial charge in [0, 0.05) is 0 Å². The van der Waals surface area contributed by atoms with Crippen molar-refractivity contribution in [1.29, 1.82) is 0 Å². The van der Waals surface area contributed by atoms with Gasteiger partial charge >= 0.3 is 11.9 Å². The summed E-state index contributed by atoms with van der Waals surface area (Å²) >= 11 is 0. The minimum atomic E-state index is -0.00290. The first kappa shape index (κ1) is 26.2. The summed E-state index contributed by atoms with van der Waals surface area (Å²) in [6, 6.07) is 0. The lowest BCUT2D eigenvalue weighted by molar-refractivity contribution is -0.153. The Morgan fingerprint density at radius 1 is 0.645 bits per heavy atom. The van der Waals surface area contributed by atoms with Crippen molar-refractivity contribution in [2.24, 2.45) is 47.3 Å². The minimum Gasteiger partial charge on any atom is -0.465 e. The number of hydrogen-bond donors (Lipinski definition) is 0. The lowest BCUT2D eigenvalue weighted by Crippen LogP contribution is -2.30. The summed E-state index contributed by atoms with van der Waals surface area (Å²) < 4.78 is 11.5. The number of esters is 2. The van der Waals surface area contributed by atoms with E-state index >= 15 is 0 Å². The van der Waals surface area contributed by atoms with Gasteiger partial charge in [-0.05, 0) is 80.5 Å². The quantitative estimate of drug-likeness (QED) is 0.359. The first-order valence-electron chi connectivity index (χ1n) is 13.0. The van der Waals surface area contributed by atoms with Crippen molar-refractivity contribution in [2.75, 3.05) is 13.2 Å². The molecular formula is C27H48O4. The van der Waals surface area contributed by atoms with Gasteiger partial charge in [0.25, 0.3) is 0 Å². The molecule has 6 atom stereocenters. The standard InChI is InChI=1S/C27H48O4/c1-7-22(16-30-26(28)24-11-18(3)9-19(4)12-24)15-23(8-2)17-31-27(29)25-13-20(5)10-21(6)14-25/h18-25H,7-17H2,1-6H3. The van der Waals surface area contributed by atoms with Crippen LogP contribution in [0, 0.1) is 47.3 Å². The number of carbonyl (C=O) groups excluding carboxylic acids is 2. The third-order valence-electron chi connectivity index (χ3n) is 7.77. The van der Waals surface area contributed by atoms with Gasteiger partial charge in [-0.25, -0.2) is 0 Å². The van der Waals surface area contributed by atoms with E-state index < -0.39 is 0 Å². The molecule has 0 amide bonds. The van der Waals surface area contributed by atoms with E-state index in [0.29, 0.717) is 48.7 Å². The summed E-state index contributed by atoms with van der Waals surface area (Å²) in [7, 11) is 0. The molecule has 0 N–H and O–H groups in total. The van der Waals surface area contributed by atoms with Gasteiger partial charge in [0.15, 0.2) is 0 Å². The Kier molecular flexibility index (Phi) is 10.9. The van der Waals surface area contributed by atoms with Crippen LogP contribution in [-0.4, -0.2) is 25.2 Å². The van der Waals surface area contributed by atoms with Crippen LogP contribution in [0.5, 0.6) is 0 Å². The van der Waals surface area contributed by atoms with E-state index in [-0.39, 0.29) is 23.8 Å². The molecule has 2 aliphatic carbocycles. The van der Waals surface area contributed by atoms with Gasteiger partial charge < -0.3 is 9.47 Å². The van der Waals surface area contributed by atoms with Crippen LogP contribution in [0.2, 0.25) is 0 Å². The summed E-state index contributed by atoms with van der Waals surface area (Å²) in [5, 5.41) is 0. The van der Waals surface area contributed by atoms with Crippen LogP contribution in [0.3, 0.4) is 0 Å². The van der Waals surface area contributed by atoms with Crippen molar-refractivity contribution in [3.63, 3.8) is 0 Å². The molecule has 0 aliphatic heterocycles. The topological polar surface area (TPSA) is 52.6 Å². The third kappa shape index (κ3) is 8.77. The lowest BCUT2D eigenvalue weighted by atomic mass is 9.77. The van der Waals surface area contributed by atoms with Gasteiger partial charge in [-0.2, -0.15) is 0 Å². The molecule has 4 heteroatoms. The molecule has 180 valence electrons. The summed E-state index contributed by atoms with van der Waals surface area (Å²) in [5.74, 6) is 3.24. The van der Waals surface area contributed by atoms with Gasteiger partial charge in [0.2, 0.25) is 0 Å². The maximum absolute atomic E-state index is 12.6. The number of ether oxygens (including phenoxy) is 2. The molecule has 0 saturated heterocycles. The van der Waals surface area contributed by atoms with Crippen LogP contribution in [0.1, 0.15) is 99.3 Å². The van der Waals surface area contributed by atoms with E-state index in [2.05, 4.69) is 41.5 Å². The van der Waals surface area contributed by atoms with Gasteiger partial charge in [0.05, 0.1) is 25.0 Å². The Morgan fingerprint density at radius 3 is 1.26 bits per heavy atom. The van der Waals surface area contributed by atoms with Crippen molar-refractivity contribution in [2.45, 2.75) is 99.3 Å². The first-order chi connectivity index (χ1) is 14.7. The number of carbonyl (C=O) groups is 2. The molecule has 2 fully saturated rings. The molecule has 2 saturated carbocycles. The molecule has 2 rings (SSSR count). The van der Waals surface area contributed by atoms with Crippen molar-refractivity contribution < 1.29 is 19.1 Å². The maximum Gasteiger partial charge on any atom is 0.308 e. The highest BCUT2D eigenvalue weighted by Gasteiger charge is 2.32. The molecule has 0 aromatic rings. The van der Waals surface area contributed by atoms with Gasteiger partial charge in [-0.3, -0.25) is 9.59 Å². The molecule has 0 aromatic carbocycles. The number of rotatable bonds is 10. The van der Waals surface area contributed by atoms with Crippen LogP contribution in [0.15, 0.2) is 0 Å². The smallest absolute Gasteiger partial charge is 0.308 e. The summed E-state index contributed by atoms with van der Waals surface area (Å²) in [6.07, 6.45) is 9.20. The third-order valence-corrected chi connectivity index (χ3v) is 7.77. The molecule has 0 radical (unpaired) electrons. The van der Waals surface area contributed by atoms with Crippen LogP contribution >= 0.6 is 0 Å². The fourth-order valence-electron chi connectivity index (χ4n) is 6.09. The molecule has 6 unspecified atom stereocenters. The predicted octanol–water partition coefficient (Wildman–Crippen LogP) is 6.66. The minimum absolute atomic E-state index is 0.00290. The second-order valence-electron chi connectivity index (χ2n) is 11.3. The van der Waals surface area contributed by atoms with E-state index in [1.165, 1.54) is 12.8 Å². The van der Waals surface area contributed by atoms with Crippen molar-refractivity contribution in [3.05, 3.63) is 0 Å². The zero-order valence-electron chi connectivity index (χ0n) is 21.0. The molecule has 0 bridgehead atoms. The Hall–Kier alpha value is -1.06. The zero-order chi connectivity index (χ0) is 23.0. The van der Waals surface area contributed by atoms with Crippen LogP contribution < -0.4 is 0 Å². The van der Waals surface area contributed by atoms with Gasteiger partial charge in [0.1, 0.15) is 0 Å². The van der Waals surface area contributed by atoms with E-state index in [1.807, 2.05) is 0 Å². The Bertz CT molecular complexity index is 491. The Labute approximate surface area is 191 Å². The molecule has 0 spiro atoms. The molecule has 0 aromatic heterocycles. The van der Waals surface area contributed by atoms with E-state index in [4.69, 9.17) is 9.47 Å². The number of hydrogen-bond acceptors (Lipinski definition) is 4. The van der Waals surface area contributed by atoms with Crippen molar-refractivity contribution in [3.8, 4) is 0 Å². The van der Waals surface area contributed by atoms with Gasteiger partial charge in [-0.1, -0.05) is 54.4 Å². The molecule has 0 heterocycles. The highest BCUT2D eigenvalue weighted by atomic mass is 16.5. The fourth-order valence-corrected chi connectivity index (χ4v) is 6.09. The lowest BCUT2D eigenvalue weighted by Gasteiger charge is -2.31. The molecule has 31 heavy (non-hydrogen) atoms. The Balaban J connectivity index is 1.76. The summed E-state index contributed by atoms with van der Waals surface area (Å²) in [5.41, 5.74) is 0. The second-order valence-corrected chi connectivity index (χ2v) is 11.3. The summed E-state index contributed by atoms with van der Waals surface area (Å²) in [4.78, 5) is 25.2. The summed E-state index contributed by atoms with van der Waals surface area (Å²) in [6.45, 7) is 14.3. The van der Waals surface area contributed by atoms with Crippen LogP contribution in [0.25, 0.3) is 0 Å². The monoisotopic (exact) mass is 436 g/mol. The predicted molar refractivity (Wildman–Crippen MR) is 125 cm³/mol. The molecule has 2 aliphatic rings. The fraction of sp³-hybridized carbons (Fsp3) is 0.926. The maximum atomic E-state index is 12.6. The van der Waals surface area contributed by atoms with Crippen molar-refractivity contribution >= 4 is 11.9 Å². The van der Waals surface area contributed by atoms with Crippen LogP contribution in [0.4, 0.5) is 0 Å². The van der Waals surface area contributed by atoms with Crippen molar-refractivity contribution in [1.82, 2.24) is 0 Å². The largest absolute Gasteiger partial charge is 0.465 e. The van der Waals surface area contributed by atoms with E-state index in [0.717, 1.165) is 44.9 Å². The normalized spacial score (nSPS) is 33.4. The molecular weight excluding hydrogens is 388 g/mol. The van der Waals surface area contributed by atoms with Crippen LogP contribution in [-0.2, 0) is 19.1 Å².